The minimum absolute atomic E-state index is 0.395. The Labute approximate surface area is 154 Å². The Morgan fingerprint density at radius 1 is 1.04 bits per heavy atom. The SMILES string of the molecule is Cc1ccc(CNc2nc(C)cc(N3c4ccccc4CC3C)n2)cc1. The summed E-state index contributed by atoms with van der Waals surface area (Å²) in [5.41, 5.74) is 6.10. The zero-order chi connectivity index (χ0) is 18.1. The van der Waals surface area contributed by atoms with Gasteiger partial charge in [0.25, 0.3) is 0 Å². The van der Waals surface area contributed by atoms with Gasteiger partial charge < -0.3 is 10.2 Å². The number of fused-ring (bicyclic) bond motifs is 1. The molecule has 0 bridgehead atoms. The molecule has 1 unspecified atom stereocenters. The zero-order valence-corrected chi connectivity index (χ0v) is 15.5. The molecule has 0 amide bonds. The second kappa shape index (κ2) is 6.79. The Hall–Kier alpha value is -2.88. The van der Waals surface area contributed by atoms with Crippen molar-refractivity contribution in [2.24, 2.45) is 0 Å². The molecule has 1 N–H and O–H groups in total. The van der Waals surface area contributed by atoms with E-state index in [0.717, 1.165) is 24.5 Å². The zero-order valence-electron chi connectivity index (χ0n) is 15.5. The number of benzene rings is 2. The molecule has 26 heavy (non-hydrogen) atoms. The molecule has 132 valence electrons. The first-order chi connectivity index (χ1) is 12.6. The van der Waals surface area contributed by atoms with Crippen LogP contribution in [0.2, 0.25) is 0 Å². The van der Waals surface area contributed by atoms with Crippen LogP contribution in [0.5, 0.6) is 0 Å². The van der Waals surface area contributed by atoms with Gasteiger partial charge in [0.2, 0.25) is 5.95 Å². The average Bonchev–Trinajstić information content (AvgIpc) is 2.96. The van der Waals surface area contributed by atoms with Crippen LogP contribution in [0.15, 0.2) is 54.6 Å². The molecule has 4 heteroatoms. The Kier molecular flexibility index (Phi) is 4.33. The number of anilines is 3. The number of hydrogen-bond donors (Lipinski definition) is 1. The fourth-order valence-electron chi connectivity index (χ4n) is 3.56. The van der Waals surface area contributed by atoms with E-state index in [4.69, 9.17) is 4.98 Å². The second-order valence-corrected chi connectivity index (χ2v) is 7.08. The first kappa shape index (κ1) is 16.6. The lowest BCUT2D eigenvalue weighted by molar-refractivity contribution is 0.748. The van der Waals surface area contributed by atoms with Crippen LogP contribution < -0.4 is 10.2 Å². The molecule has 4 rings (SSSR count). The lowest BCUT2D eigenvalue weighted by atomic mass is 10.1. The van der Waals surface area contributed by atoms with Gasteiger partial charge in [-0.1, -0.05) is 48.0 Å². The molecule has 0 spiro atoms. The molecule has 2 aromatic carbocycles. The van der Waals surface area contributed by atoms with Crippen LogP contribution in [0.1, 0.15) is 29.3 Å². The summed E-state index contributed by atoms with van der Waals surface area (Å²) < 4.78 is 0. The van der Waals surface area contributed by atoms with E-state index in [2.05, 4.69) is 83.6 Å². The van der Waals surface area contributed by atoms with Crippen LogP contribution in [0.4, 0.5) is 17.5 Å². The maximum atomic E-state index is 4.80. The van der Waals surface area contributed by atoms with Crippen molar-refractivity contribution in [3.05, 3.63) is 77.0 Å². The first-order valence-corrected chi connectivity index (χ1v) is 9.12. The lowest BCUT2D eigenvalue weighted by Crippen LogP contribution is -2.25. The minimum Gasteiger partial charge on any atom is -0.350 e. The average molecular weight is 344 g/mol. The van der Waals surface area contributed by atoms with E-state index >= 15 is 0 Å². The van der Waals surface area contributed by atoms with Crippen molar-refractivity contribution in [3.63, 3.8) is 0 Å². The van der Waals surface area contributed by atoms with Crippen molar-refractivity contribution in [1.82, 2.24) is 9.97 Å². The summed E-state index contributed by atoms with van der Waals surface area (Å²) in [5, 5.41) is 3.38. The van der Waals surface area contributed by atoms with Crippen LogP contribution in [-0.4, -0.2) is 16.0 Å². The molecule has 4 nitrogen and oxygen atoms in total. The molecule has 1 aliphatic rings. The predicted octanol–water partition coefficient (Wildman–Crippen LogP) is 4.79. The number of aromatic nitrogens is 2. The van der Waals surface area contributed by atoms with Crippen LogP contribution in [0.25, 0.3) is 0 Å². The van der Waals surface area contributed by atoms with Gasteiger partial charge in [0.05, 0.1) is 0 Å². The largest absolute Gasteiger partial charge is 0.350 e. The molecule has 0 saturated heterocycles. The summed E-state index contributed by atoms with van der Waals surface area (Å²) >= 11 is 0. The van der Waals surface area contributed by atoms with E-state index in [0.29, 0.717) is 12.0 Å². The van der Waals surface area contributed by atoms with E-state index in [1.54, 1.807) is 0 Å². The monoisotopic (exact) mass is 344 g/mol. The number of nitrogens with zero attached hydrogens (tertiary/aromatic N) is 3. The van der Waals surface area contributed by atoms with Gasteiger partial charge in [-0.25, -0.2) is 4.98 Å². The van der Waals surface area contributed by atoms with Crippen molar-refractivity contribution in [1.29, 1.82) is 0 Å². The summed E-state index contributed by atoms with van der Waals surface area (Å²) in [7, 11) is 0. The maximum absolute atomic E-state index is 4.80. The molecule has 0 aliphatic carbocycles. The van der Waals surface area contributed by atoms with E-state index in [9.17, 15) is 0 Å². The van der Waals surface area contributed by atoms with Crippen molar-refractivity contribution >= 4 is 17.5 Å². The summed E-state index contributed by atoms with van der Waals surface area (Å²) in [6.07, 6.45) is 1.05. The third-order valence-corrected chi connectivity index (χ3v) is 4.87. The minimum atomic E-state index is 0.395. The normalized spacial score (nSPS) is 15.8. The van der Waals surface area contributed by atoms with Gasteiger partial charge in [-0.15, -0.1) is 0 Å². The smallest absolute Gasteiger partial charge is 0.225 e. The van der Waals surface area contributed by atoms with Gasteiger partial charge in [-0.2, -0.15) is 4.98 Å². The third-order valence-electron chi connectivity index (χ3n) is 4.87. The van der Waals surface area contributed by atoms with Gasteiger partial charge in [-0.3, -0.25) is 0 Å². The highest BCUT2D eigenvalue weighted by molar-refractivity contribution is 5.69. The standard InChI is InChI=1S/C22H24N4/c1-15-8-10-18(11-9-15)14-23-22-24-16(2)12-21(25-22)26-17(3)13-19-6-4-5-7-20(19)26/h4-12,17H,13-14H2,1-3H3,(H,23,24,25). The van der Waals surface area contributed by atoms with E-state index in [-0.39, 0.29) is 0 Å². The van der Waals surface area contributed by atoms with Crippen molar-refractivity contribution in [3.8, 4) is 0 Å². The molecule has 3 aromatic rings. The molecular weight excluding hydrogens is 320 g/mol. The highest BCUT2D eigenvalue weighted by atomic mass is 15.3. The van der Waals surface area contributed by atoms with Crippen LogP contribution in [0.3, 0.4) is 0 Å². The number of aryl methyl sites for hydroxylation is 2. The molecule has 1 aliphatic heterocycles. The van der Waals surface area contributed by atoms with Crippen LogP contribution in [-0.2, 0) is 13.0 Å². The van der Waals surface area contributed by atoms with Gasteiger partial charge in [-0.05, 0) is 44.4 Å². The summed E-state index contributed by atoms with van der Waals surface area (Å²) in [6.45, 7) is 7.09. The number of rotatable bonds is 4. The van der Waals surface area contributed by atoms with Crippen LogP contribution >= 0.6 is 0 Å². The highest BCUT2D eigenvalue weighted by Gasteiger charge is 2.28. The number of hydrogen-bond acceptors (Lipinski definition) is 4. The van der Waals surface area contributed by atoms with Gasteiger partial charge in [0.1, 0.15) is 5.82 Å². The second-order valence-electron chi connectivity index (χ2n) is 7.08. The molecule has 2 heterocycles. The molecule has 0 radical (unpaired) electrons. The maximum Gasteiger partial charge on any atom is 0.225 e. The molecular formula is C22H24N4. The van der Waals surface area contributed by atoms with Crippen molar-refractivity contribution < 1.29 is 0 Å². The summed E-state index contributed by atoms with van der Waals surface area (Å²) in [5.74, 6) is 1.64. The third kappa shape index (κ3) is 3.27. The molecule has 0 fully saturated rings. The van der Waals surface area contributed by atoms with Crippen molar-refractivity contribution in [2.45, 2.75) is 39.8 Å². The quantitative estimate of drug-likeness (QED) is 0.739. The molecule has 1 atom stereocenters. The Morgan fingerprint density at radius 2 is 1.81 bits per heavy atom. The Bertz CT molecular complexity index is 918. The molecule has 0 saturated carbocycles. The topological polar surface area (TPSA) is 41.1 Å². The molecule has 1 aromatic heterocycles. The van der Waals surface area contributed by atoms with Crippen molar-refractivity contribution in [2.75, 3.05) is 10.2 Å². The van der Waals surface area contributed by atoms with Gasteiger partial charge >= 0.3 is 0 Å². The van der Waals surface area contributed by atoms with Gasteiger partial charge in [0, 0.05) is 30.0 Å². The Morgan fingerprint density at radius 3 is 2.62 bits per heavy atom. The number of nitrogens with one attached hydrogen (secondary N) is 1. The van der Waals surface area contributed by atoms with E-state index < -0.39 is 0 Å². The predicted molar refractivity (Wildman–Crippen MR) is 107 cm³/mol. The van der Waals surface area contributed by atoms with E-state index in [1.165, 1.54) is 22.4 Å². The summed E-state index contributed by atoms with van der Waals surface area (Å²) in [4.78, 5) is 11.7. The van der Waals surface area contributed by atoms with Crippen LogP contribution in [0, 0.1) is 13.8 Å². The summed E-state index contributed by atoms with van der Waals surface area (Å²) in [6, 6.07) is 19.6. The highest BCUT2D eigenvalue weighted by Crippen LogP contribution is 2.37. The van der Waals surface area contributed by atoms with Gasteiger partial charge in [0.15, 0.2) is 0 Å². The fraction of sp³-hybridized carbons (Fsp3) is 0.273. The first-order valence-electron chi connectivity index (χ1n) is 9.12. The fourth-order valence-corrected chi connectivity index (χ4v) is 3.56. The Balaban J connectivity index is 1.59. The number of para-hydroxylation sites is 1. The lowest BCUT2D eigenvalue weighted by Gasteiger charge is -2.24. The van der Waals surface area contributed by atoms with E-state index in [1.807, 2.05) is 6.92 Å².